The number of rotatable bonds is 4. The minimum atomic E-state index is -1.01. The second kappa shape index (κ2) is 7.30. The number of halogens is 1. The van der Waals surface area contributed by atoms with Gasteiger partial charge in [0, 0.05) is 24.0 Å². The van der Waals surface area contributed by atoms with Gasteiger partial charge in [0.1, 0.15) is 22.9 Å². The fourth-order valence-electron chi connectivity index (χ4n) is 3.77. The maximum Gasteiger partial charge on any atom is 0.340 e. The molecule has 1 aromatic carbocycles. The molecular formula is C21H24FNO5. The van der Waals surface area contributed by atoms with Crippen molar-refractivity contribution in [3.05, 3.63) is 52.4 Å². The molecule has 150 valence electrons. The van der Waals surface area contributed by atoms with Crippen LogP contribution in [0.3, 0.4) is 0 Å². The molecule has 6 nitrogen and oxygen atoms in total. The Hall–Kier alpha value is -2.83. The summed E-state index contributed by atoms with van der Waals surface area (Å²) in [5, 5.41) is 0. The van der Waals surface area contributed by atoms with Crippen LogP contribution in [-0.4, -0.2) is 25.5 Å². The first-order chi connectivity index (χ1) is 13.2. The average Bonchev–Trinajstić information content (AvgIpc) is 2.60. The largest absolute Gasteiger partial charge is 0.497 e. The highest BCUT2D eigenvalue weighted by Gasteiger charge is 2.45. The number of ether oxygens (including phenoxy) is 3. The van der Waals surface area contributed by atoms with Crippen molar-refractivity contribution in [1.82, 2.24) is 0 Å². The van der Waals surface area contributed by atoms with E-state index in [0.29, 0.717) is 17.9 Å². The van der Waals surface area contributed by atoms with E-state index in [1.54, 1.807) is 6.92 Å². The molecule has 1 aromatic rings. The fourth-order valence-corrected chi connectivity index (χ4v) is 3.77. The van der Waals surface area contributed by atoms with Crippen molar-refractivity contribution in [3.8, 4) is 5.75 Å². The lowest BCUT2D eigenvalue weighted by Crippen LogP contribution is -2.36. The number of esters is 1. The van der Waals surface area contributed by atoms with Crippen LogP contribution < -0.4 is 10.5 Å². The number of carbonyl (C=O) groups excluding carboxylic acids is 2. The number of methoxy groups -OCH3 is 1. The van der Waals surface area contributed by atoms with Gasteiger partial charge < -0.3 is 19.9 Å². The number of hydrogen-bond acceptors (Lipinski definition) is 6. The molecule has 0 fully saturated rings. The number of ketones is 1. The summed E-state index contributed by atoms with van der Waals surface area (Å²) in [6.07, 6.45) is 0.709. The fraction of sp³-hybridized carbons (Fsp3) is 0.429. The molecule has 0 aromatic heterocycles. The zero-order chi connectivity index (χ0) is 20.6. The molecule has 0 saturated carbocycles. The van der Waals surface area contributed by atoms with E-state index in [4.69, 9.17) is 19.9 Å². The summed E-state index contributed by atoms with van der Waals surface area (Å²) in [4.78, 5) is 25.7. The van der Waals surface area contributed by atoms with Gasteiger partial charge in [-0.25, -0.2) is 9.18 Å². The van der Waals surface area contributed by atoms with Gasteiger partial charge in [-0.05, 0) is 30.5 Å². The number of allylic oxidation sites excluding steroid dienone is 2. The topological polar surface area (TPSA) is 87.9 Å². The summed E-state index contributed by atoms with van der Waals surface area (Å²) in [5.41, 5.74) is 6.04. The summed E-state index contributed by atoms with van der Waals surface area (Å²) in [6, 6.07) is 4.17. The monoisotopic (exact) mass is 389 g/mol. The highest BCUT2D eigenvalue weighted by atomic mass is 19.1. The minimum absolute atomic E-state index is 0.0687. The number of Topliss-reactive ketones (excluding diaryl/α,β-unsaturated/α-hetero) is 1. The zero-order valence-electron chi connectivity index (χ0n) is 16.4. The van der Waals surface area contributed by atoms with Gasteiger partial charge in [0.05, 0.1) is 19.6 Å². The predicted molar refractivity (Wildman–Crippen MR) is 99.7 cm³/mol. The maximum atomic E-state index is 14.8. The Morgan fingerprint density at radius 3 is 2.71 bits per heavy atom. The number of hydrogen-bond donors (Lipinski definition) is 1. The molecule has 2 N–H and O–H groups in total. The van der Waals surface area contributed by atoms with Crippen molar-refractivity contribution in [2.24, 2.45) is 11.1 Å². The Morgan fingerprint density at radius 1 is 1.36 bits per heavy atom. The van der Waals surface area contributed by atoms with Gasteiger partial charge in [-0.15, -0.1) is 0 Å². The van der Waals surface area contributed by atoms with Crippen molar-refractivity contribution in [3.63, 3.8) is 0 Å². The first kappa shape index (κ1) is 19.9. The van der Waals surface area contributed by atoms with Crippen molar-refractivity contribution >= 4 is 11.8 Å². The van der Waals surface area contributed by atoms with Gasteiger partial charge in [-0.3, -0.25) is 4.79 Å². The molecular weight excluding hydrogens is 365 g/mol. The quantitative estimate of drug-likeness (QED) is 0.795. The summed E-state index contributed by atoms with van der Waals surface area (Å²) >= 11 is 0. The molecule has 7 heteroatoms. The van der Waals surface area contributed by atoms with Crippen LogP contribution in [0, 0.1) is 11.2 Å². The van der Waals surface area contributed by atoms with E-state index >= 15 is 0 Å². The molecule has 0 saturated heterocycles. The van der Waals surface area contributed by atoms with Gasteiger partial charge in [0.15, 0.2) is 5.78 Å². The Morgan fingerprint density at radius 2 is 2.07 bits per heavy atom. The van der Waals surface area contributed by atoms with Crippen molar-refractivity contribution < 1.29 is 28.2 Å². The summed E-state index contributed by atoms with van der Waals surface area (Å²) < 4.78 is 30.8. The highest BCUT2D eigenvalue weighted by Crippen LogP contribution is 2.49. The van der Waals surface area contributed by atoms with E-state index in [1.807, 2.05) is 13.8 Å². The standard InChI is InChI=1S/C21H24FNO5/c1-5-27-20(25)18-16(12-8-11(26-4)6-7-13(12)22)17-14(24)9-21(2,3)10-15(17)28-19(18)23/h6-8,16H,5,9-10,23H2,1-4H3. The van der Waals surface area contributed by atoms with Crippen LogP contribution in [0.1, 0.15) is 45.1 Å². The first-order valence-electron chi connectivity index (χ1n) is 9.12. The van der Waals surface area contributed by atoms with Crippen LogP contribution in [-0.2, 0) is 19.1 Å². The molecule has 1 aliphatic heterocycles. The lowest BCUT2D eigenvalue weighted by Gasteiger charge is -2.38. The Balaban J connectivity index is 2.24. The van der Waals surface area contributed by atoms with Crippen LogP contribution >= 0.6 is 0 Å². The van der Waals surface area contributed by atoms with Crippen LogP contribution in [0.5, 0.6) is 5.75 Å². The predicted octanol–water partition coefficient (Wildman–Crippen LogP) is 3.32. The van der Waals surface area contributed by atoms with E-state index in [2.05, 4.69) is 0 Å². The second-order valence-corrected chi connectivity index (χ2v) is 7.70. The number of nitrogens with two attached hydrogens (primary N) is 1. The third-order valence-electron chi connectivity index (χ3n) is 4.96. The van der Waals surface area contributed by atoms with Crippen LogP contribution in [0.25, 0.3) is 0 Å². The molecule has 0 amide bonds. The van der Waals surface area contributed by atoms with Crippen LogP contribution in [0.15, 0.2) is 41.0 Å². The van der Waals surface area contributed by atoms with Gasteiger partial charge >= 0.3 is 5.97 Å². The molecule has 1 aliphatic carbocycles. The lowest BCUT2D eigenvalue weighted by atomic mass is 9.70. The first-order valence-corrected chi connectivity index (χ1v) is 9.12. The molecule has 3 rings (SSSR count). The Bertz CT molecular complexity index is 900. The van der Waals surface area contributed by atoms with Gasteiger partial charge in [0.2, 0.25) is 5.88 Å². The Labute approximate surface area is 163 Å². The highest BCUT2D eigenvalue weighted by molar-refractivity contribution is 6.03. The minimum Gasteiger partial charge on any atom is -0.497 e. The van der Waals surface area contributed by atoms with E-state index in [1.165, 1.54) is 25.3 Å². The molecule has 1 unspecified atom stereocenters. The Kier molecular flexibility index (Phi) is 5.19. The van der Waals surface area contributed by atoms with E-state index < -0.39 is 17.7 Å². The van der Waals surface area contributed by atoms with Crippen LogP contribution in [0.4, 0.5) is 4.39 Å². The zero-order valence-corrected chi connectivity index (χ0v) is 16.4. The lowest BCUT2D eigenvalue weighted by molar-refractivity contribution is -0.139. The third kappa shape index (κ3) is 3.48. The van der Waals surface area contributed by atoms with Crippen molar-refractivity contribution in [2.45, 2.75) is 39.5 Å². The van der Waals surface area contributed by atoms with Crippen molar-refractivity contribution in [1.29, 1.82) is 0 Å². The van der Waals surface area contributed by atoms with Crippen molar-refractivity contribution in [2.75, 3.05) is 13.7 Å². The molecule has 28 heavy (non-hydrogen) atoms. The van der Waals surface area contributed by atoms with E-state index in [0.717, 1.165) is 0 Å². The van der Waals surface area contributed by atoms with Gasteiger partial charge in [-0.2, -0.15) is 0 Å². The van der Waals surface area contributed by atoms with E-state index in [9.17, 15) is 14.0 Å². The molecule has 0 spiro atoms. The molecule has 0 bridgehead atoms. The van der Waals surface area contributed by atoms with Gasteiger partial charge in [-0.1, -0.05) is 13.8 Å². The summed E-state index contributed by atoms with van der Waals surface area (Å²) in [5.74, 6) is -1.93. The molecule has 0 radical (unpaired) electrons. The second-order valence-electron chi connectivity index (χ2n) is 7.70. The molecule has 1 atom stereocenters. The number of benzene rings is 1. The SMILES string of the molecule is CCOC(=O)C1=C(N)OC2=C(C(=O)CC(C)(C)C2)C1c1cc(OC)ccc1F. The average molecular weight is 389 g/mol. The number of carbonyl (C=O) groups is 2. The summed E-state index contributed by atoms with van der Waals surface area (Å²) in [6.45, 7) is 5.65. The molecule has 2 aliphatic rings. The van der Waals surface area contributed by atoms with Gasteiger partial charge in [0.25, 0.3) is 0 Å². The smallest absolute Gasteiger partial charge is 0.340 e. The third-order valence-corrected chi connectivity index (χ3v) is 4.96. The summed E-state index contributed by atoms with van der Waals surface area (Å²) in [7, 11) is 1.45. The van der Waals surface area contributed by atoms with Crippen LogP contribution in [0.2, 0.25) is 0 Å². The normalized spacial score (nSPS) is 21.2. The maximum absolute atomic E-state index is 14.8. The van der Waals surface area contributed by atoms with E-state index in [-0.39, 0.29) is 46.8 Å². The molecule has 1 heterocycles.